The summed E-state index contributed by atoms with van der Waals surface area (Å²) in [5.74, 6) is -0.111. The van der Waals surface area contributed by atoms with Gasteiger partial charge in [0, 0.05) is 37.8 Å². The van der Waals surface area contributed by atoms with Crippen LogP contribution in [0.15, 0.2) is 40.1 Å². The number of nitrogens with zero attached hydrogens (tertiary/aromatic N) is 2. The van der Waals surface area contributed by atoms with Crippen LogP contribution in [-0.2, 0) is 0 Å². The molecule has 2 aliphatic heterocycles. The number of phenols is 2. The first-order valence-electron chi connectivity index (χ1n) is 11.0. The molecule has 2 aliphatic rings. The van der Waals surface area contributed by atoms with Crippen LogP contribution >= 0.6 is 0 Å². The third-order valence-corrected chi connectivity index (χ3v) is 5.99. The summed E-state index contributed by atoms with van der Waals surface area (Å²) < 4.78 is 5.66. The van der Waals surface area contributed by atoms with Gasteiger partial charge in [-0.3, -0.25) is 4.79 Å². The molecule has 1 aromatic carbocycles. The lowest BCUT2D eigenvalue weighted by Gasteiger charge is -2.32. The number of rotatable bonds is 5. The molecular formula is C24H30N4O4. The molecule has 0 spiro atoms. The van der Waals surface area contributed by atoms with Crippen molar-refractivity contribution in [2.45, 2.75) is 39.2 Å². The van der Waals surface area contributed by atoms with Gasteiger partial charge in [-0.2, -0.15) is 0 Å². The summed E-state index contributed by atoms with van der Waals surface area (Å²) in [5.41, 5.74) is 4.17. The predicted octanol–water partition coefficient (Wildman–Crippen LogP) is 3.42. The van der Waals surface area contributed by atoms with Crippen LogP contribution in [0.3, 0.4) is 0 Å². The fourth-order valence-electron chi connectivity index (χ4n) is 4.29. The van der Waals surface area contributed by atoms with E-state index in [2.05, 4.69) is 33.8 Å². The van der Waals surface area contributed by atoms with E-state index < -0.39 is 0 Å². The molecule has 1 amide bonds. The first-order chi connectivity index (χ1) is 15.3. The van der Waals surface area contributed by atoms with Gasteiger partial charge < -0.3 is 30.3 Å². The largest absolute Gasteiger partial charge is 0.508 e. The maximum absolute atomic E-state index is 12.8. The Kier molecular flexibility index (Phi) is 5.97. The molecular weight excluding hydrogens is 408 g/mol. The fourth-order valence-corrected chi connectivity index (χ4v) is 4.29. The van der Waals surface area contributed by atoms with Crippen molar-refractivity contribution in [3.63, 3.8) is 0 Å². The Morgan fingerprint density at radius 1 is 1.34 bits per heavy atom. The molecule has 4 rings (SSSR count). The Balaban J connectivity index is 1.82. The lowest BCUT2D eigenvalue weighted by atomic mass is 9.91. The Bertz CT molecular complexity index is 1100. The summed E-state index contributed by atoms with van der Waals surface area (Å²) in [6.07, 6.45) is 4.96. The summed E-state index contributed by atoms with van der Waals surface area (Å²) in [7, 11) is 2.09. The molecule has 170 valence electrons. The van der Waals surface area contributed by atoms with Crippen LogP contribution in [0.1, 0.15) is 60.8 Å². The average Bonchev–Trinajstić information content (AvgIpc) is 3.18. The highest BCUT2D eigenvalue weighted by atomic mass is 16.5. The molecule has 32 heavy (non-hydrogen) atoms. The number of likely N-dealkylation sites (N-methyl/N-ethyl adjacent to an activating group) is 1. The van der Waals surface area contributed by atoms with Crippen molar-refractivity contribution >= 4 is 5.91 Å². The van der Waals surface area contributed by atoms with Gasteiger partial charge in [-0.05, 0) is 37.1 Å². The minimum atomic E-state index is -0.341. The van der Waals surface area contributed by atoms with Gasteiger partial charge in [0.1, 0.15) is 11.5 Å². The van der Waals surface area contributed by atoms with Gasteiger partial charge >= 0.3 is 0 Å². The molecule has 3 heterocycles. The van der Waals surface area contributed by atoms with E-state index in [1.807, 2.05) is 26.8 Å². The number of phenolic OH excluding ortho intramolecular Hbond substituents is 2. The van der Waals surface area contributed by atoms with Crippen LogP contribution in [0.25, 0.3) is 11.3 Å². The molecule has 2 aromatic rings. The van der Waals surface area contributed by atoms with Gasteiger partial charge in [0.05, 0.1) is 17.2 Å². The number of aromatic hydroxyl groups is 2. The summed E-state index contributed by atoms with van der Waals surface area (Å²) >= 11 is 0. The smallest absolute Gasteiger partial charge is 0.273 e. The van der Waals surface area contributed by atoms with E-state index in [-0.39, 0.29) is 35.1 Å². The molecule has 0 radical (unpaired) electrons. The van der Waals surface area contributed by atoms with Crippen LogP contribution in [0, 0.1) is 0 Å². The lowest BCUT2D eigenvalue weighted by molar-refractivity contribution is 0.0945. The van der Waals surface area contributed by atoms with Crippen LogP contribution in [0.5, 0.6) is 11.5 Å². The number of aromatic nitrogens is 1. The first-order valence-corrected chi connectivity index (χ1v) is 11.0. The van der Waals surface area contributed by atoms with Crippen molar-refractivity contribution in [2.24, 2.45) is 0 Å². The van der Waals surface area contributed by atoms with Crippen LogP contribution in [-0.4, -0.2) is 52.9 Å². The Labute approximate surface area is 187 Å². The molecule has 8 nitrogen and oxygen atoms in total. The highest BCUT2D eigenvalue weighted by Crippen LogP contribution is 2.42. The van der Waals surface area contributed by atoms with E-state index in [0.717, 1.165) is 25.2 Å². The van der Waals surface area contributed by atoms with Crippen molar-refractivity contribution < 1.29 is 19.5 Å². The van der Waals surface area contributed by atoms with E-state index in [1.165, 1.54) is 11.6 Å². The van der Waals surface area contributed by atoms with E-state index in [0.29, 0.717) is 29.0 Å². The molecule has 8 heteroatoms. The standard InChI is InChI=1S/C24H30N4O4/c1-5-25-24(31)22-21(18-7-6-14-12-28(4)9-8-17(14)26-18)23(32-27-22)16-10-15(13(2)3)19(29)11-20(16)30/h6-7,10-11,13,18,26,29-30H,5,8-9,12H2,1-4H3,(H,25,31). The topological polar surface area (TPSA) is 111 Å². The molecule has 4 N–H and O–H groups in total. The second-order valence-corrected chi connectivity index (χ2v) is 8.69. The molecule has 1 aromatic heterocycles. The summed E-state index contributed by atoms with van der Waals surface area (Å²) in [6.45, 7) is 8.02. The number of amides is 1. The van der Waals surface area contributed by atoms with Crippen molar-refractivity contribution in [3.8, 4) is 22.8 Å². The van der Waals surface area contributed by atoms with Crippen molar-refractivity contribution in [2.75, 3.05) is 26.7 Å². The highest BCUT2D eigenvalue weighted by Gasteiger charge is 2.32. The Morgan fingerprint density at radius 3 is 2.84 bits per heavy atom. The van der Waals surface area contributed by atoms with E-state index in [1.54, 1.807) is 6.07 Å². The number of nitrogens with one attached hydrogen (secondary N) is 2. The van der Waals surface area contributed by atoms with Gasteiger partial charge in [0.2, 0.25) is 0 Å². The lowest BCUT2D eigenvalue weighted by Crippen LogP contribution is -2.35. The van der Waals surface area contributed by atoms with Gasteiger partial charge in [-0.1, -0.05) is 31.2 Å². The summed E-state index contributed by atoms with van der Waals surface area (Å²) in [5, 5.41) is 31.3. The molecule has 0 saturated heterocycles. The fraction of sp³-hybridized carbons (Fsp3) is 0.417. The van der Waals surface area contributed by atoms with Crippen LogP contribution in [0.2, 0.25) is 0 Å². The number of carbonyl (C=O) groups is 1. The number of benzene rings is 1. The molecule has 1 atom stereocenters. The summed E-state index contributed by atoms with van der Waals surface area (Å²) in [6, 6.07) is 2.67. The Hall–Kier alpha value is -3.26. The minimum Gasteiger partial charge on any atom is -0.508 e. The Morgan fingerprint density at radius 2 is 2.12 bits per heavy atom. The number of dihydropyridines is 1. The van der Waals surface area contributed by atoms with Crippen molar-refractivity contribution in [1.29, 1.82) is 0 Å². The van der Waals surface area contributed by atoms with Gasteiger partial charge in [-0.15, -0.1) is 0 Å². The third kappa shape index (κ3) is 3.98. The molecule has 0 fully saturated rings. The molecule has 0 aliphatic carbocycles. The van der Waals surface area contributed by atoms with E-state index >= 15 is 0 Å². The summed E-state index contributed by atoms with van der Waals surface area (Å²) in [4.78, 5) is 15.0. The third-order valence-electron chi connectivity index (χ3n) is 5.99. The maximum Gasteiger partial charge on any atom is 0.273 e. The second kappa shape index (κ2) is 8.70. The zero-order chi connectivity index (χ0) is 23.0. The monoisotopic (exact) mass is 438 g/mol. The SMILES string of the molecule is CCNC(=O)c1noc(-c2cc(C(C)C)c(O)cc2O)c1C1C=CC2=C(CCN(C)C2)N1. The first kappa shape index (κ1) is 22.0. The van der Waals surface area contributed by atoms with Gasteiger partial charge in [-0.25, -0.2) is 0 Å². The average molecular weight is 439 g/mol. The second-order valence-electron chi connectivity index (χ2n) is 8.69. The highest BCUT2D eigenvalue weighted by molar-refractivity contribution is 5.96. The van der Waals surface area contributed by atoms with Gasteiger partial charge in [0.25, 0.3) is 5.91 Å². The molecule has 0 saturated carbocycles. The van der Waals surface area contributed by atoms with Crippen molar-refractivity contribution in [3.05, 3.63) is 52.4 Å². The minimum absolute atomic E-state index is 0.0167. The molecule has 1 unspecified atom stereocenters. The number of carbonyl (C=O) groups excluding carboxylic acids is 1. The molecule has 0 bridgehead atoms. The van der Waals surface area contributed by atoms with Crippen LogP contribution in [0.4, 0.5) is 0 Å². The quantitative estimate of drug-likeness (QED) is 0.566. The van der Waals surface area contributed by atoms with Gasteiger partial charge in [0.15, 0.2) is 11.5 Å². The van der Waals surface area contributed by atoms with Crippen LogP contribution < -0.4 is 10.6 Å². The number of hydrogen-bond donors (Lipinski definition) is 4. The van der Waals surface area contributed by atoms with E-state index in [9.17, 15) is 15.0 Å². The maximum atomic E-state index is 12.8. The normalized spacial score (nSPS) is 18.6. The zero-order valence-electron chi connectivity index (χ0n) is 18.9. The zero-order valence-corrected chi connectivity index (χ0v) is 18.9. The predicted molar refractivity (Wildman–Crippen MR) is 122 cm³/mol. The van der Waals surface area contributed by atoms with E-state index in [4.69, 9.17) is 4.52 Å². The number of hydrogen-bond acceptors (Lipinski definition) is 7. The van der Waals surface area contributed by atoms with Crippen molar-refractivity contribution in [1.82, 2.24) is 20.7 Å².